The van der Waals surface area contributed by atoms with Crippen LogP contribution in [0.3, 0.4) is 0 Å². The highest BCUT2D eigenvalue weighted by molar-refractivity contribution is 8.00. The molecule has 18 heavy (non-hydrogen) atoms. The Kier molecular flexibility index (Phi) is 5.99. The quantitative estimate of drug-likeness (QED) is 0.773. The molecule has 0 bridgehead atoms. The van der Waals surface area contributed by atoms with Crippen molar-refractivity contribution in [2.75, 3.05) is 12.8 Å². The van der Waals surface area contributed by atoms with E-state index in [4.69, 9.17) is 0 Å². The molecule has 0 aromatic rings. The summed E-state index contributed by atoms with van der Waals surface area (Å²) in [5.74, 6) is 0.296. The topological polar surface area (TPSA) is 32.3 Å². The van der Waals surface area contributed by atoms with Crippen molar-refractivity contribution in [3.63, 3.8) is 0 Å². The fraction of sp³-hybridized carbons (Fsp3) is 0.929. The number of nitrogens with zero attached hydrogens (tertiary/aromatic N) is 1. The summed E-state index contributed by atoms with van der Waals surface area (Å²) in [5.41, 5.74) is 0. The molecule has 1 N–H and O–H groups in total. The first-order chi connectivity index (χ1) is 8.53. The van der Waals surface area contributed by atoms with Crippen molar-refractivity contribution in [1.29, 1.82) is 0 Å². The van der Waals surface area contributed by atoms with Crippen molar-refractivity contribution < 1.29 is 4.79 Å². The summed E-state index contributed by atoms with van der Waals surface area (Å²) in [4.78, 5) is 14.4. The molecule has 1 fully saturated rings. The first-order valence-corrected chi connectivity index (χ1v) is 8.37. The number of carbonyl (C=O) groups is 1. The second-order valence-corrected chi connectivity index (χ2v) is 6.52. The summed E-state index contributed by atoms with van der Waals surface area (Å²) in [6, 6.07) is 0.0401. The van der Waals surface area contributed by atoms with E-state index in [1.807, 2.05) is 16.7 Å². The van der Waals surface area contributed by atoms with E-state index in [9.17, 15) is 4.79 Å². The van der Waals surface area contributed by atoms with Crippen molar-refractivity contribution in [3.8, 4) is 0 Å². The third-order valence-corrected chi connectivity index (χ3v) is 5.82. The van der Waals surface area contributed by atoms with Crippen LogP contribution in [0.5, 0.6) is 0 Å². The smallest absolute Gasteiger partial charge is 0.241 e. The van der Waals surface area contributed by atoms with Crippen molar-refractivity contribution >= 4 is 17.7 Å². The van der Waals surface area contributed by atoms with E-state index in [1.54, 1.807) is 0 Å². The summed E-state index contributed by atoms with van der Waals surface area (Å²) in [7, 11) is 0. The van der Waals surface area contributed by atoms with Crippen molar-refractivity contribution in [3.05, 3.63) is 0 Å². The van der Waals surface area contributed by atoms with E-state index in [2.05, 4.69) is 39.3 Å². The molecular weight excluding hydrogens is 244 g/mol. The van der Waals surface area contributed by atoms with Crippen LogP contribution in [-0.4, -0.2) is 40.6 Å². The first-order valence-electron chi connectivity index (χ1n) is 7.15. The fourth-order valence-corrected chi connectivity index (χ4v) is 3.54. The molecule has 1 amide bonds. The van der Waals surface area contributed by atoms with Crippen LogP contribution in [-0.2, 0) is 4.79 Å². The van der Waals surface area contributed by atoms with Gasteiger partial charge in [-0.1, -0.05) is 27.2 Å². The van der Waals surface area contributed by atoms with Gasteiger partial charge in [-0.3, -0.25) is 10.1 Å². The molecule has 0 spiro atoms. The monoisotopic (exact) mass is 272 g/mol. The highest BCUT2D eigenvalue weighted by atomic mass is 32.2. The maximum absolute atomic E-state index is 12.4. The van der Waals surface area contributed by atoms with Gasteiger partial charge in [-0.25, -0.2) is 0 Å². The molecule has 4 heteroatoms. The normalized spacial score (nSPS) is 24.9. The minimum Gasteiger partial charge on any atom is -0.325 e. The van der Waals surface area contributed by atoms with Gasteiger partial charge in [-0.05, 0) is 32.4 Å². The van der Waals surface area contributed by atoms with Gasteiger partial charge in [0.1, 0.15) is 0 Å². The van der Waals surface area contributed by atoms with E-state index >= 15 is 0 Å². The highest BCUT2D eigenvalue weighted by Gasteiger charge is 2.39. The SMILES string of the molecule is CCCC1NC(C)N(CC(CC)(CC)SC)C1=O. The Morgan fingerprint density at radius 3 is 2.39 bits per heavy atom. The first kappa shape index (κ1) is 15.8. The molecule has 2 unspecified atom stereocenters. The van der Waals surface area contributed by atoms with Gasteiger partial charge >= 0.3 is 0 Å². The Morgan fingerprint density at radius 1 is 1.33 bits per heavy atom. The van der Waals surface area contributed by atoms with Crippen LogP contribution >= 0.6 is 11.8 Å². The second kappa shape index (κ2) is 6.80. The lowest BCUT2D eigenvalue weighted by atomic mass is 10.0. The number of carbonyl (C=O) groups excluding carboxylic acids is 1. The van der Waals surface area contributed by atoms with Crippen LogP contribution in [0.4, 0.5) is 0 Å². The summed E-state index contributed by atoms with van der Waals surface area (Å²) in [6.07, 6.45) is 6.57. The van der Waals surface area contributed by atoms with Gasteiger partial charge < -0.3 is 4.90 Å². The zero-order valence-electron chi connectivity index (χ0n) is 12.5. The van der Waals surface area contributed by atoms with Crippen LogP contribution in [0.15, 0.2) is 0 Å². The largest absolute Gasteiger partial charge is 0.325 e. The molecule has 1 saturated heterocycles. The van der Waals surface area contributed by atoms with Gasteiger partial charge in [-0.2, -0.15) is 11.8 Å². The fourth-order valence-electron chi connectivity index (χ4n) is 2.69. The summed E-state index contributed by atoms with van der Waals surface area (Å²) < 4.78 is 0.215. The molecule has 0 saturated carbocycles. The van der Waals surface area contributed by atoms with E-state index in [0.29, 0.717) is 5.91 Å². The molecular formula is C14H28N2OS. The second-order valence-electron chi connectivity index (χ2n) is 5.24. The number of hydrogen-bond acceptors (Lipinski definition) is 3. The van der Waals surface area contributed by atoms with Gasteiger partial charge in [0.15, 0.2) is 0 Å². The molecule has 0 aliphatic carbocycles. The van der Waals surface area contributed by atoms with Crippen molar-refractivity contribution in [2.24, 2.45) is 0 Å². The predicted molar refractivity (Wildman–Crippen MR) is 79.8 cm³/mol. The molecule has 1 rings (SSSR count). The van der Waals surface area contributed by atoms with E-state index < -0.39 is 0 Å². The molecule has 1 aliphatic rings. The van der Waals surface area contributed by atoms with Crippen molar-refractivity contribution in [2.45, 2.75) is 70.3 Å². The standard InChI is InChI=1S/C14H28N2OS/c1-6-9-12-13(17)16(11(4)15-12)10-14(7-2,8-3)18-5/h11-12,15H,6-10H2,1-5H3. The van der Waals surface area contributed by atoms with Gasteiger partial charge in [0.25, 0.3) is 0 Å². The average molecular weight is 272 g/mol. The molecule has 1 heterocycles. The Balaban J connectivity index is 2.74. The number of hydrogen-bond donors (Lipinski definition) is 1. The molecule has 0 aromatic heterocycles. The van der Waals surface area contributed by atoms with Crippen LogP contribution in [0.1, 0.15) is 53.4 Å². The molecule has 106 valence electrons. The van der Waals surface area contributed by atoms with E-state index in [1.165, 1.54) is 0 Å². The van der Waals surface area contributed by atoms with Crippen LogP contribution < -0.4 is 5.32 Å². The highest BCUT2D eigenvalue weighted by Crippen LogP contribution is 2.33. The summed E-state index contributed by atoms with van der Waals surface area (Å²) >= 11 is 1.90. The van der Waals surface area contributed by atoms with Gasteiger partial charge in [0.2, 0.25) is 5.91 Å². The molecule has 3 nitrogen and oxygen atoms in total. The Labute approximate surface area is 116 Å². The number of rotatable bonds is 7. The van der Waals surface area contributed by atoms with Crippen LogP contribution in [0.2, 0.25) is 0 Å². The average Bonchev–Trinajstić information content (AvgIpc) is 2.64. The molecule has 2 atom stereocenters. The maximum Gasteiger partial charge on any atom is 0.241 e. The molecule has 0 radical (unpaired) electrons. The number of amides is 1. The maximum atomic E-state index is 12.4. The summed E-state index contributed by atoms with van der Waals surface area (Å²) in [6.45, 7) is 9.55. The zero-order chi connectivity index (χ0) is 13.8. The van der Waals surface area contributed by atoms with Gasteiger partial charge in [-0.15, -0.1) is 0 Å². The Morgan fingerprint density at radius 2 is 1.94 bits per heavy atom. The minimum atomic E-state index is 0.0401. The number of nitrogens with one attached hydrogen (secondary N) is 1. The minimum absolute atomic E-state index is 0.0401. The third kappa shape index (κ3) is 3.21. The lowest BCUT2D eigenvalue weighted by Gasteiger charge is -2.35. The lowest BCUT2D eigenvalue weighted by Crippen LogP contribution is -2.45. The number of thioether (sulfide) groups is 1. The van der Waals surface area contributed by atoms with E-state index in [0.717, 1.165) is 32.2 Å². The van der Waals surface area contributed by atoms with Gasteiger partial charge in [0, 0.05) is 11.3 Å². The zero-order valence-corrected chi connectivity index (χ0v) is 13.3. The molecule has 0 aromatic carbocycles. The van der Waals surface area contributed by atoms with Crippen molar-refractivity contribution in [1.82, 2.24) is 10.2 Å². The Bertz CT molecular complexity index is 271. The third-order valence-electron chi connectivity index (χ3n) is 4.25. The van der Waals surface area contributed by atoms with Crippen LogP contribution in [0.25, 0.3) is 0 Å². The molecule has 1 aliphatic heterocycles. The van der Waals surface area contributed by atoms with E-state index in [-0.39, 0.29) is 17.0 Å². The van der Waals surface area contributed by atoms with Gasteiger partial charge in [0.05, 0.1) is 12.2 Å². The van der Waals surface area contributed by atoms with Crippen LogP contribution in [0, 0.1) is 0 Å². The predicted octanol–water partition coefficient (Wildman–Crippen LogP) is 2.85. The Hall–Kier alpha value is -0.220. The summed E-state index contributed by atoms with van der Waals surface area (Å²) in [5, 5.41) is 3.42. The lowest BCUT2D eigenvalue weighted by molar-refractivity contribution is -0.130.